The van der Waals surface area contributed by atoms with Gasteiger partial charge in [0, 0.05) is 0 Å². The van der Waals surface area contributed by atoms with Gasteiger partial charge in [-0.05, 0) is 25.8 Å². The average Bonchev–Trinajstić information content (AvgIpc) is 2.98. The maximum absolute atomic E-state index is 10.1. The summed E-state index contributed by atoms with van der Waals surface area (Å²) in [6.07, 6.45) is 10.6. The van der Waals surface area contributed by atoms with Gasteiger partial charge in [-0.1, -0.05) is 13.3 Å². The van der Waals surface area contributed by atoms with Crippen LogP contribution in [0.1, 0.15) is 32.6 Å². The number of hydrogen-bond donors (Lipinski definition) is 2. The third kappa shape index (κ3) is 5.31. The fourth-order valence-corrected chi connectivity index (χ4v) is 1.87. The van der Waals surface area contributed by atoms with Crippen LogP contribution >= 0.6 is 0 Å². The van der Waals surface area contributed by atoms with Crippen molar-refractivity contribution < 1.29 is 14.5 Å². The molecule has 2 heterocycles. The quantitative estimate of drug-likeness (QED) is 0.786. The summed E-state index contributed by atoms with van der Waals surface area (Å²) in [6.45, 7) is 4.22. The van der Waals surface area contributed by atoms with Crippen LogP contribution in [0, 0.1) is 0 Å². The maximum atomic E-state index is 10.1. The van der Waals surface area contributed by atoms with Gasteiger partial charge in [0.05, 0.1) is 13.6 Å². The second-order valence-electron chi connectivity index (χ2n) is 4.66. The Morgan fingerprint density at radius 1 is 1.61 bits per heavy atom. The standard InChI is InChI=1S/C8H15N2.C5H9NO2/c1-3-4-5-10-7-6-9(2)8-10;7-5(8)4-2-1-3-6-4/h6-8H,3-5H2,1-2H3;4,6H,1-3H2,(H,7,8)/q+1;/t;4-/m.0/s1. The number of aryl methyl sites for hydroxylation is 2. The predicted octanol–water partition coefficient (Wildman–Crippen LogP) is 0.936. The molecule has 0 aliphatic carbocycles. The van der Waals surface area contributed by atoms with E-state index in [1.807, 2.05) is 7.05 Å². The number of unbranched alkanes of at least 4 members (excludes halogenated alkanes) is 1. The number of imidazole rings is 1. The summed E-state index contributed by atoms with van der Waals surface area (Å²) in [6, 6.07) is -0.269. The van der Waals surface area contributed by atoms with E-state index in [2.05, 4.69) is 40.1 Å². The molecule has 2 N–H and O–H groups in total. The van der Waals surface area contributed by atoms with Gasteiger partial charge in [0.2, 0.25) is 6.33 Å². The van der Waals surface area contributed by atoms with Crippen molar-refractivity contribution in [2.24, 2.45) is 7.05 Å². The molecular weight excluding hydrogens is 230 g/mol. The number of nitrogens with zero attached hydrogens (tertiary/aromatic N) is 2. The van der Waals surface area contributed by atoms with Crippen LogP contribution in [0.4, 0.5) is 0 Å². The van der Waals surface area contributed by atoms with Crippen molar-refractivity contribution in [1.82, 2.24) is 9.88 Å². The van der Waals surface area contributed by atoms with Crippen molar-refractivity contribution >= 4 is 5.97 Å². The van der Waals surface area contributed by atoms with Gasteiger partial charge < -0.3 is 10.4 Å². The summed E-state index contributed by atoms with van der Waals surface area (Å²) in [4.78, 5) is 10.1. The molecule has 1 fully saturated rings. The second-order valence-corrected chi connectivity index (χ2v) is 4.66. The van der Waals surface area contributed by atoms with Crippen LogP contribution in [-0.2, 0) is 18.4 Å². The molecule has 0 spiro atoms. The summed E-state index contributed by atoms with van der Waals surface area (Å²) in [7, 11) is 2.04. The lowest BCUT2D eigenvalue weighted by molar-refractivity contribution is -0.671. The largest absolute Gasteiger partial charge is 0.480 e. The zero-order valence-corrected chi connectivity index (χ0v) is 11.3. The lowest BCUT2D eigenvalue weighted by Crippen LogP contribution is -2.29. The summed E-state index contributed by atoms with van der Waals surface area (Å²) in [5, 5.41) is 11.2. The molecule has 1 atom stereocenters. The van der Waals surface area contributed by atoms with Crippen molar-refractivity contribution in [2.45, 2.75) is 45.2 Å². The SMILES string of the molecule is CCCCn1cc[n+](C)c1.O=C(O)[C@@H]1CCCN1. The van der Waals surface area contributed by atoms with Crippen LogP contribution in [0.2, 0.25) is 0 Å². The minimum atomic E-state index is -0.720. The van der Waals surface area contributed by atoms with E-state index in [0.717, 1.165) is 25.9 Å². The number of carboxylic acids is 1. The number of carboxylic acid groups (broad SMARTS) is 1. The average molecular weight is 254 g/mol. The normalized spacial score (nSPS) is 18.2. The highest BCUT2D eigenvalue weighted by Gasteiger charge is 2.20. The molecule has 0 amide bonds. The van der Waals surface area contributed by atoms with E-state index < -0.39 is 5.97 Å². The van der Waals surface area contributed by atoms with Crippen LogP contribution < -0.4 is 9.88 Å². The van der Waals surface area contributed by atoms with Gasteiger partial charge in [-0.15, -0.1) is 0 Å². The molecule has 5 heteroatoms. The number of nitrogens with one attached hydrogen (secondary N) is 1. The van der Waals surface area contributed by atoms with Gasteiger partial charge in [0.15, 0.2) is 0 Å². The zero-order chi connectivity index (χ0) is 13.4. The number of aliphatic carboxylic acids is 1. The highest BCUT2D eigenvalue weighted by Crippen LogP contribution is 2.03. The van der Waals surface area contributed by atoms with E-state index in [-0.39, 0.29) is 6.04 Å². The highest BCUT2D eigenvalue weighted by atomic mass is 16.4. The summed E-state index contributed by atoms with van der Waals surface area (Å²) in [5.41, 5.74) is 0. The molecule has 102 valence electrons. The number of rotatable bonds is 4. The van der Waals surface area contributed by atoms with E-state index in [9.17, 15) is 4.79 Å². The molecule has 0 saturated carbocycles. The van der Waals surface area contributed by atoms with Crippen LogP contribution in [0.15, 0.2) is 18.7 Å². The third-order valence-corrected chi connectivity index (χ3v) is 2.95. The van der Waals surface area contributed by atoms with Crippen molar-refractivity contribution in [3.63, 3.8) is 0 Å². The first-order valence-electron chi connectivity index (χ1n) is 6.60. The van der Waals surface area contributed by atoms with E-state index >= 15 is 0 Å². The first kappa shape index (κ1) is 14.7. The number of aromatic nitrogens is 2. The molecule has 2 rings (SSSR count). The Bertz CT molecular complexity index is 357. The Morgan fingerprint density at radius 2 is 2.39 bits per heavy atom. The molecule has 0 bridgehead atoms. The first-order valence-corrected chi connectivity index (χ1v) is 6.60. The summed E-state index contributed by atoms with van der Waals surface area (Å²) >= 11 is 0. The van der Waals surface area contributed by atoms with Gasteiger partial charge in [-0.3, -0.25) is 4.79 Å². The Labute approximate surface area is 108 Å². The van der Waals surface area contributed by atoms with Gasteiger partial charge >= 0.3 is 5.97 Å². The fourth-order valence-electron chi connectivity index (χ4n) is 1.87. The van der Waals surface area contributed by atoms with Crippen molar-refractivity contribution in [1.29, 1.82) is 0 Å². The third-order valence-electron chi connectivity index (χ3n) is 2.95. The Morgan fingerprint density at radius 3 is 2.78 bits per heavy atom. The van der Waals surface area contributed by atoms with Gasteiger partial charge in [-0.25, -0.2) is 9.13 Å². The van der Waals surface area contributed by atoms with E-state index in [1.54, 1.807) is 0 Å². The molecular formula is C13H24N3O2+. The van der Waals surface area contributed by atoms with Crippen LogP contribution in [0.5, 0.6) is 0 Å². The summed E-state index contributed by atoms with van der Waals surface area (Å²) in [5.74, 6) is -0.720. The van der Waals surface area contributed by atoms with Crippen LogP contribution in [-0.4, -0.2) is 28.2 Å². The number of carbonyl (C=O) groups is 1. The molecule has 5 nitrogen and oxygen atoms in total. The topological polar surface area (TPSA) is 58.1 Å². The molecule has 0 unspecified atom stereocenters. The molecule has 1 aliphatic rings. The minimum absolute atomic E-state index is 0.269. The lowest BCUT2D eigenvalue weighted by Gasteiger charge is -1.99. The van der Waals surface area contributed by atoms with Crippen LogP contribution in [0.25, 0.3) is 0 Å². The molecule has 1 aromatic rings. The Kier molecular flexibility index (Phi) is 6.43. The molecule has 1 aromatic heterocycles. The maximum Gasteiger partial charge on any atom is 0.320 e. The van der Waals surface area contributed by atoms with Crippen LogP contribution in [0.3, 0.4) is 0 Å². The minimum Gasteiger partial charge on any atom is -0.480 e. The molecule has 1 saturated heterocycles. The Hall–Kier alpha value is -1.36. The van der Waals surface area contributed by atoms with Crippen molar-refractivity contribution in [3.05, 3.63) is 18.7 Å². The van der Waals surface area contributed by atoms with E-state index in [1.165, 1.54) is 12.8 Å². The molecule has 0 aromatic carbocycles. The van der Waals surface area contributed by atoms with Gasteiger partial charge in [0.25, 0.3) is 0 Å². The predicted molar refractivity (Wildman–Crippen MR) is 69.2 cm³/mol. The fraction of sp³-hybridized carbons (Fsp3) is 0.692. The van der Waals surface area contributed by atoms with E-state index in [0.29, 0.717) is 0 Å². The zero-order valence-electron chi connectivity index (χ0n) is 11.3. The van der Waals surface area contributed by atoms with Crippen molar-refractivity contribution in [3.8, 4) is 0 Å². The second kappa shape index (κ2) is 7.87. The van der Waals surface area contributed by atoms with Gasteiger partial charge in [0.1, 0.15) is 18.4 Å². The molecule has 18 heavy (non-hydrogen) atoms. The highest BCUT2D eigenvalue weighted by molar-refractivity contribution is 5.73. The first-order chi connectivity index (χ1) is 8.63. The summed E-state index contributed by atoms with van der Waals surface area (Å²) < 4.78 is 4.28. The lowest BCUT2D eigenvalue weighted by atomic mass is 10.2. The number of hydrogen-bond acceptors (Lipinski definition) is 2. The van der Waals surface area contributed by atoms with E-state index in [4.69, 9.17) is 5.11 Å². The molecule has 0 radical (unpaired) electrons. The van der Waals surface area contributed by atoms with Gasteiger partial charge in [-0.2, -0.15) is 0 Å². The Balaban J connectivity index is 0.000000184. The molecule has 1 aliphatic heterocycles. The smallest absolute Gasteiger partial charge is 0.320 e. The monoisotopic (exact) mass is 254 g/mol. The van der Waals surface area contributed by atoms with Crippen molar-refractivity contribution in [2.75, 3.05) is 6.54 Å².